The standard InChI is InChI=1S/C21H22FN3O5S/c1-3-30-16-6-4-15(5-7-16)19-9-11-21(26)25(24-19)13-12-23-31(27,28)17-8-10-20(29-2)18(22)14-17/h4-11,14,23H,3,12-13H2,1-2H3. The van der Waals surface area contributed by atoms with Gasteiger partial charge < -0.3 is 9.47 Å². The molecule has 3 rings (SSSR count). The SMILES string of the molecule is CCOc1ccc(-c2ccc(=O)n(CCNS(=O)(=O)c3ccc(OC)c(F)c3)n2)cc1. The van der Waals surface area contributed by atoms with Gasteiger partial charge in [-0.2, -0.15) is 5.10 Å². The van der Waals surface area contributed by atoms with Crippen LogP contribution in [0.25, 0.3) is 11.3 Å². The molecule has 1 aromatic heterocycles. The third kappa shape index (κ3) is 5.47. The molecule has 0 aliphatic rings. The second-order valence-corrected chi connectivity index (χ2v) is 8.20. The van der Waals surface area contributed by atoms with E-state index < -0.39 is 15.8 Å². The second kappa shape index (κ2) is 9.71. The normalized spacial score (nSPS) is 11.3. The molecule has 1 N–H and O–H groups in total. The van der Waals surface area contributed by atoms with E-state index in [0.717, 1.165) is 17.4 Å². The summed E-state index contributed by atoms with van der Waals surface area (Å²) >= 11 is 0. The zero-order valence-electron chi connectivity index (χ0n) is 17.0. The summed E-state index contributed by atoms with van der Waals surface area (Å²) in [5, 5.41) is 4.30. The van der Waals surface area contributed by atoms with Crippen LogP contribution in [0, 0.1) is 5.82 Å². The highest BCUT2D eigenvalue weighted by molar-refractivity contribution is 7.89. The fourth-order valence-electron chi connectivity index (χ4n) is 2.84. The van der Waals surface area contributed by atoms with Crippen molar-refractivity contribution < 1.29 is 22.3 Å². The molecule has 164 valence electrons. The van der Waals surface area contributed by atoms with Gasteiger partial charge in [0.25, 0.3) is 5.56 Å². The fourth-order valence-corrected chi connectivity index (χ4v) is 3.87. The van der Waals surface area contributed by atoms with E-state index in [4.69, 9.17) is 9.47 Å². The van der Waals surface area contributed by atoms with Gasteiger partial charge in [0.2, 0.25) is 10.0 Å². The highest BCUT2D eigenvalue weighted by Gasteiger charge is 2.16. The Bertz CT molecular complexity index is 1210. The van der Waals surface area contributed by atoms with E-state index in [0.29, 0.717) is 12.3 Å². The molecule has 3 aromatic rings. The molecular weight excluding hydrogens is 425 g/mol. The average molecular weight is 447 g/mol. The van der Waals surface area contributed by atoms with E-state index in [9.17, 15) is 17.6 Å². The number of hydrogen-bond acceptors (Lipinski definition) is 6. The van der Waals surface area contributed by atoms with Crippen LogP contribution in [-0.2, 0) is 16.6 Å². The molecule has 8 nitrogen and oxygen atoms in total. The summed E-state index contributed by atoms with van der Waals surface area (Å²) in [7, 11) is -2.68. The van der Waals surface area contributed by atoms with E-state index in [1.165, 1.54) is 30.0 Å². The predicted molar refractivity (Wildman–Crippen MR) is 113 cm³/mol. The smallest absolute Gasteiger partial charge is 0.266 e. The van der Waals surface area contributed by atoms with Crippen LogP contribution in [0.4, 0.5) is 4.39 Å². The Balaban J connectivity index is 1.71. The van der Waals surface area contributed by atoms with Crippen molar-refractivity contribution in [2.45, 2.75) is 18.4 Å². The minimum absolute atomic E-state index is 0.00156. The van der Waals surface area contributed by atoms with E-state index in [1.54, 1.807) is 18.2 Å². The number of aromatic nitrogens is 2. The zero-order valence-corrected chi connectivity index (χ0v) is 17.9. The van der Waals surface area contributed by atoms with E-state index in [2.05, 4.69) is 9.82 Å². The van der Waals surface area contributed by atoms with Crippen LogP contribution in [0.1, 0.15) is 6.92 Å². The van der Waals surface area contributed by atoms with Gasteiger partial charge in [0.05, 0.1) is 30.9 Å². The van der Waals surface area contributed by atoms with Gasteiger partial charge in [-0.3, -0.25) is 4.79 Å². The lowest BCUT2D eigenvalue weighted by molar-refractivity contribution is 0.340. The minimum Gasteiger partial charge on any atom is -0.494 e. The maximum Gasteiger partial charge on any atom is 0.266 e. The van der Waals surface area contributed by atoms with Crippen molar-refractivity contribution in [2.24, 2.45) is 0 Å². The molecule has 1 heterocycles. The van der Waals surface area contributed by atoms with Crippen molar-refractivity contribution in [3.05, 3.63) is 70.8 Å². The first-order valence-electron chi connectivity index (χ1n) is 9.48. The van der Waals surface area contributed by atoms with Crippen LogP contribution >= 0.6 is 0 Å². The fraction of sp³-hybridized carbons (Fsp3) is 0.238. The summed E-state index contributed by atoms with van der Waals surface area (Å²) in [6, 6.07) is 13.6. The molecule has 2 aromatic carbocycles. The molecule has 0 unspecified atom stereocenters. The van der Waals surface area contributed by atoms with E-state index >= 15 is 0 Å². The molecule has 0 bridgehead atoms. The van der Waals surface area contributed by atoms with Gasteiger partial charge in [0.15, 0.2) is 11.6 Å². The summed E-state index contributed by atoms with van der Waals surface area (Å²) in [4.78, 5) is 11.9. The van der Waals surface area contributed by atoms with E-state index in [-0.39, 0.29) is 29.3 Å². The minimum atomic E-state index is -3.97. The summed E-state index contributed by atoms with van der Waals surface area (Å²) in [6.07, 6.45) is 0. The van der Waals surface area contributed by atoms with Crippen molar-refractivity contribution in [1.82, 2.24) is 14.5 Å². The van der Waals surface area contributed by atoms with Crippen LogP contribution in [-0.4, -0.2) is 38.5 Å². The van der Waals surface area contributed by atoms with Crippen LogP contribution in [0.2, 0.25) is 0 Å². The Morgan fingerprint density at radius 2 is 1.84 bits per heavy atom. The first kappa shape index (κ1) is 22.4. The molecule has 0 radical (unpaired) electrons. The van der Waals surface area contributed by atoms with Crippen molar-refractivity contribution in [3.63, 3.8) is 0 Å². The number of sulfonamides is 1. The lowest BCUT2D eigenvalue weighted by Gasteiger charge is -2.10. The summed E-state index contributed by atoms with van der Waals surface area (Å²) in [6.45, 7) is 2.35. The van der Waals surface area contributed by atoms with Crippen LogP contribution in [0.5, 0.6) is 11.5 Å². The highest BCUT2D eigenvalue weighted by Crippen LogP contribution is 2.21. The Kier molecular flexibility index (Phi) is 7.03. The molecule has 0 saturated heterocycles. The van der Waals surface area contributed by atoms with Gasteiger partial charge in [-0.1, -0.05) is 0 Å². The van der Waals surface area contributed by atoms with Crippen LogP contribution < -0.4 is 19.8 Å². The Labute approximate surface area is 179 Å². The molecule has 0 saturated carbocycles. The van der Waals surface area contributed by atoms with Crippen LogP contribution in [0.15, 0.2) is 64.3 Å². The molecular formula is C21H22FN3O5S. The highest BCUT2D eigenvalue weighted by atomic mass is 32.2. The monoisotopic (exact) mass is 447 g/mol. The second-order valence-electron chi connectivity index (χ2n) is 6.43. The van der Waals surface area contributed by atoms with Crippen LogP contribution in [0.3, 0.4) is 0 Å². The van der Waals surface area contributed by atoms with Gasteiger partial charge in [-0.15, -0.1) is 0 Å². The predicted octanol–water partition coefficient (Wildman–Crippen LogP) is 2.44. The lowest BCUT2D eigenvalue weighted by atomic mass is 10.1. The number of benzene rings is 2. The molecule has 0 amide bonds. The summed E-state index contributed by atoms with van der Waals surface area (Å²) in [5.41, 5.74) is 0.971. The zero-order chi connectivity index (χ0) is 22.4. The van der Waals surface area contributed by atoms with E-state index in [1.807, 2.05) is 19.1 Å². The molecule has 31 heavy (non-hydrogen) atoms. The number of nitrogens with zero attached hydrogens (tertiary/aromatic N) is 2. The van der Waals surface area contributed by atoms with Gasteiger partial charge in [-0.25, -0.2) is 22.2 Å². The topological polar surface area (TPSA) is 99.5 Å². The third-order valence-electron chi connectivity index (χ3n) is 4.38. The number of nitrogens with one attached hydrogen (secondary N) is 1. The van der Waals surface area contributed by atoms with Gasteiger partial charge in [-0.05, 0) is 55.5 Å². The molecule has 0 aliphatic heterocycles. The molecule has 10 heteroatoms. The van der Waals surface area contributed by atoms with Crippen molar-refractivity contribution in [1.29, 1.82) is 0 Å². The van der Waals surface area contributed by atoms with Gasteiger partial charge >= 0.3 is 0 Å². The molecule has 0 spiro atoms. The molecule has 0 aliphatic carbocycles. The summed E-state index contributed by atoms with van der Waals surface area (Å²) in [5.74, 6) is -0.115. The van der Waals surface area contributed by atoms with Gasteiger partial charge in [0.1, 0.15) is 5.75 Å². The number of rotatable bonds is 9. The first-order valence-corrected chi connectivity index (χ1v) is 11.0. The average Bonchev–Trinajstić information content (AvgIpc) is 2.76. The summed E-state index contributed by atoms with van der Waals surface area (Å²) < 4.78 is 52.3. The maximum absolute atomic E-state index is 13.8. The van der Waals surface area contributed by atoms with Crippen molar-refractivity contribution in [3.8, 4) is 22.8 Å². The Hall–Kier alpha value is -3.24. The van der Waals surface area contributed by atoms with Crippen molar-refractivity contribution in [2.75, 3.05) is 20.3 Å². The Morgan fingerprint density at radius 3 is 2.48 bits per heavy atom. The Morgan fingerprint density at radius 1 is 1.10 bits per heavy atom. The quantitative estimate of drug-likeness (QED) is 0.541. The molecule has 0 atom stereocenters. The number of methoxy groups -OCH3 is 1. The number of hydrogen-bond donors (Lipinski definition) is 1. The lowest BCUT2D eigenvalue weighted by Crippen LogP contribution is -2.32. The number of halogens is 1. The van der Waals surface area contributed by atoms with Gasteiger partial charge in [0, 0.05) is 18.2 Å². The first-order chi connectivity index (χ1) is 14.8. The van der Waals surface area contributed by atoms with Crippen molar-refractivity contribution >= 4 is 10.0 Å². The maximum atomic E-state index is 13.8. The number of ether oxygens (including phenoxy) is 2. The molecule has 0 fully saturated rings. The third-order valence-corrected chi connectivity index (χ3v) is 5.84. The largest absolute Gasteiger partial charge is 0.494 e.